The average Bonchev–Trinajstić information content (AvgIpc) is 2.91. The fourth-order valence-corrected chi connectivity index (χ4v) is 2.55. The molecule has 0 aliphatic carbocycles. The zero-order valence-electron chi connectivity index (χ0n) is 10.9. The summed E-state index contributed by atoms with van der Waals surface area (Å²) in [6, 6.07) is 7.03. The lowest BCUT2D eigenvalue weighted by Crippen LogP contribution is -2.36. The van der Waals surface area contributed by atoms with Gasteiger partial charge in [-0.1, -0.05) is 18.2 Å². The van der Waals surface area contributed by atoms with Crippen LogP contribution in [0.1, 0.15) is 34.8 Å². The summed E-state index contributed by atoms with van der Waals surface area (Å²) < 4.78 is 0. The standard InChI is InChI=1S/C14H16N2O2S/c1-14(2,13-15-7-8-19-13)16-9-10-5-3-4-6-11(10)12(17)18/h3-8,16H,9H2,1-2H3,(H,17,18). The molecule has 1 aromatic heterocycles. The van der Waals surface area contributed by atoms with Gasteiger partial charge in [-0.25, -0.2) is 9.78 Å². The maximum absolute atomic E-state index is 11.1. The summed E-state index contributed by atoms with van der Waals surface area (Å²) >= 11 is 1.59. The van der Waals surface area contributed by atoms with Crippen LogP contribution in [0.2, 0.25) is 0 Å². The van der Waals surface area contributed by atoms with Crippen LogP contribution in [0.3, 0.4) is 0 Å². The molecule has 0 saturated heterocycles. The van der Waals surface area contributed by atoms with E-state index in [0.29, 0.717) is 12.1 Å². The molecule has 0 bridgehead atoms. The molecule has 4 nitrogen and oxygen atoms in total. The Labute approximate surface area is 116 Å². The molecule has 1 aromatic carbocycles. The van der Waals surface area contributed by atoms with Gasteiger partial charge in [0.25, 0.3) is 0 Å². The van der Waals surface area contributed by atoms with Crippen LogP contribution in [0.15, 0.2) is 35.8 Å². The molecule has 0 radical (unpaired) electrons. The molecule has 0 amide bonds. The summed E-state index contributed by atoms with van der Waals surface area (Å²) in [5.74, 6) is -0.899. The molecular weight excluding hydrogens is 260 g/mol. The molecule has 2 aromatic rings. The summed E-state index contributed by atoms with van der Waals surface area (Å²) in [6.07, 6.45) is 1.77. The number of rotatable bonds is 5. The van der Waals surface area contributed by atoms with Crippen molar-refractivity contribution < 1.29 is 9.90 Å². The Morgan fingerprint density at radius 2 is 2.16 bits per heavy atom. The Morgan fingerprint density at radius 3 is 2.79 bits per heavy atom. The van der Waals surface area contributed by atoms with Gasteiger partial charge >= 0.3 is 5.97 Å². The first kappa shape index (κ1) is 13.7. The number of carbonyl (C=O) groups is 1. The van der Waals surface area contributed by atoms with Gasteiger partial charge in [0.05, 0.1) is 11.1 Å². The molecule has 100 valence electrons. The molecule has 5 heteroatoms. The van der Waals surface area contributed by atoms with Crippen molar-refractivity contribution in [3.63, 3.8) is 0 Å². The second-order valence-electron chi connectivity index (χ2n) is 4.78. The highest BCUT2D eigenvalue weighted by atomic mass is 32.1. The van der Waals surface area contributed by atoms with Crippen molar-refractivity contribution in [3.05, 3.63) is 52.0 Å². The number of benzene rings is 1. The van der Waals surface area contributed by atoms with Gasteiger partial charge in [-0.3, -0.25) is 0 Å². The molecule has 19 heavy (non-hydrogen) atoms. The Balaban J connectivity index is 2.13. The predicted octanol–water partition coefficient (Wildman–Crippen LogP) is 2.87. The number of nitrogens with one attached hydrogen (secondary N) is 1. The molecule has 2 rings (SSSR count). The van der Waals surface area contributed by atoms with Crippen molar-refractivity contribution in [1.29, 1.82) is 0 Å². The van der Waals surface area contributed by atoms with Crippen LogP contribution in [0.5, 0.6) is 0 Å². The van der Waals surface area contributed by atoms with Gasteiger partial charge in [0.1, 0.15) is 5.01 Å². The van der Waals surface area contributed by atoms with Crippen molar-refractivity contribution in [3.8, 4) is 0 Å². The van der Waals surface area contributed by atoms with E-state index in [0.717, 1.165) is 10.6 Å². The Kier molecular flexibility index (Phi) is 3.97. The maximum Gasteiger partial charge on any atom is 0.336 e. The number of carboxylic acid groups (broad SMARTS) is 1. The number of hydrogen-bond acceptors (Lipinski definition) is 4. The minimum absolute atomic E-state index is 0.278. The van der Waals surface area contributed by atoms with Crippen LogP contribution < -0.4 is 5.32 Å². The van der Waals surface area contributed by atoms with Crippen molar-refractivity contribution in [1.82, 2.24) is 10.3 Å². The van der Waals surface area contributed by atoms with Gasteiger partial charge in [0.2, 0.25) is 0 Å². The molecule has 0 atom stereocenters. The molecule has 0 spiro atoms. The largest absolute Gasteiger partial charge is 0.478 e. The third-order valence-electron chi connectivity index (χ3n) is 2.94. The van der Waals surface area contributed by atoms with Crippen LogP contribution in [0.4, 0.5) is 0 Å². The Morgan fingerprint density at radius 1 is 1.42 bits per heavy atom. The molecule has 0 unspecified atom stereocenters. The van der Waals surface area contributed by atoms with E-state index >= 15 is 0 Å². The second kappa shape index (κ2) is 5.50. The highest BCUT2D eigenvalue weighted by molar-refractivity contribution is 7.09. The first-order valence-electron chi connectivity index (χ1n) is 5.97. The lowest BCUT2D eigenvalue weighted by molar-refractivity contribution is 0.0695. The number of aromatic carboxylic acids is 1. The minimum atomic E-state index is -0.899. The summed E-state index contributed by atoms with van der Waals surface area (Å²) in [7, 11) is 0. The SMILES string of the molecule is CC(C)(NCc1ccccc1C(=O)O)c1nccs1. The third kappa shape index (κ3) is 3.19. The molecule has 0 saturated carbocycles. The second-order valence-corrected chi connectivity index (χ2v) is 5.67. The van der Waals surface area contributed by atoms with Gasteiger partial charge in [0, 0.05) is 18.1 Å². The van der Waals surface area contributed by atoms with E-state index in [1.165, 1.54) is 0 Å². The number of aromatic nitrogens is 1. The number of thiazole rings is 1. The minimum Gasteiger partial charge on any atom is -0.478 e. The molecule has 0 aliphatic rings. The summed E-state index contributed by atoms with van der Waals surface area (Å²) in [4.78, 5) is 15.4. The zero-order chi connectivity index (χ0) is 13.9. The number of nitrogens with zero attached hydrogens (tertiary/aromatic N) is 1. The van der Waals surface area contributed by atoms with Gasteiger partial charge < -0.3 is 10.4 Å². The van der Waals surface area contributed by atoms with E-state index in [4.69, 9.17) is 5.11 Å². The lowest BCUT2D eigenvalue weighted by Gasteiger charge is -2.24. The van der Waals surface area contributed by atoms with E-state index in [1.807, 2.05) is 31.4 Å². The predicted molar refractivity (Wildman–Crippen MR) is 75.4 cm³/mol. The van der Waals surface area contributed by atoms with Crippen molar-refractivity contribution >= 4 is 17.3 Å². The average molecular weight is 276 g/mol. The fourth-order valence-electron chi connectivity index (χ4n) is 1.81. The number of hydrogen-bond donors (Lipinski definition) is 2. The van der Waals surface area contributed by atoms with E-state index in [2.05, 4.69) is 10.3 Å². The lowest BCUT2D eigenvalue weighted by atomic mass is 10.0. The topological polar surface area (TPSA) is 62.2 Å². The van der Waals surface area contributed by atoms with Gasteiger partial charge in [-0.2, -0.15) is 0 Å². The molecule has 2 N–H and O–H groups in total. The molecule has 1 heterocycles. The van der Waals surface area contributed by atoms with Crippen LogP contribution >= 0.6 is 11.3 Å². The number of carboxylic acids is 1. The highest BCUT2D eigenvalue weighted by Crippen LogP contribution is 2.23. The smallest absolute Gasteiger partial charge is 0.336 e. The van der Waals surface area contributed by atoms with E-state index < -0.39 is 5.97 Å². The van der Waals surface area contributed by atoms with Gasteiger partial charge in [0.15, 0.2) is 0 Å². The first-order chi connectivity index (χ1) is 9.00. The molecule has 0 fully saturated rings. The third-order valence-corrected chi connectivity index (χ3v) is 4.03. The quantitative estimate of drug-likeness (QED) is 0.881. The van der Waals surface area contributed by atoms with Crippen molar-refractivity contribution in [2.24, 2.45) is 0 Å². The Hall–Kier alpha value is -1.72. The van der Waals surface area contributed by atoms with E-state index in [-0.39, 0.29) is 5.54 Å². The van der Waals surface area contributed by atoms with Crippen LogP contribution in [0, 0.1) is 0 Å². The van der Waals surface area contributed by atoms with Gasteiger partial charge in [-0.05, 0) is 25.5 Å². The van der Waals surface area contributed by atoms with Gasteiger partial charge in [-0.15, -0.1) is 11.3 Å². The Bertz CT molecular complexity index is 565. The highest BCUT2D eigenvalue weighted by Gasteiger charge is 2.23. The van der Waals surface area contributed by atoms with Crippen LogP contribution in [-0.2, 0) is 12.1 Å². The van der Waals surface area contributed by atoms with Crippen LogP contribution in [0.25, 0.3) is 0 Å². The van der Waals surface area contributed by atoms with Crippen molar-refractivity contribution in [2.45, 2.75) is 25.9 Å². The van der Waals surface area contributed by atoms with Crippen LogP contribution in [-0.4, -0.2) is 16.1 Å². The van der Waals surface area contributed by atoms with E-state index in [9.17, 15) is 4.79 Å². The first-order valence-corrected chi connectivity index (χ1v) is 6.85. The van der Waals surface area contributed by atoms with Crippen molar-refractivity contribution in [2.75, 3.05) is 0 Å². The molecular formula is C14H16N2O2S. The maximum atomic E-state index is 11.1. The normalized spacial score (nSPS) is 11.5. The zero-order valence-corrected chi connectivity index (χ0v) is 11.7. The molecule has 0 aliphatic heterocycles. The summed E-state index contributed by atoms with van der Waals surface area (Å²) in [6.45, 7) is 4.57. The summed E-state index contributed by atoms with van der Waals surface area (Å²) in [5.41, 5.74) is 0.837. The van der Waals surface area contributed by atoms with E-state index in [1.54, 1.807) is 29.7 Å². The fraction of sp³-hybridized carbons (Fsp3) is 0.286. The summed E-state index contributed by atoms with van der Waals surface area (Å²) in [5, 5.41) is 15.4. The monoisotopic (exact) mass is 276 g/mol.